The summed E-state index contributed by atoms with van der Waals surface area (Å²) in [7, 11) is 4.79. The minimum absolute atomic E-state index is 0.220. The second-order valence-electron chi connectivity index (χ2n) is 4.39. The number of methoxy groups -OCH3 is 3. The van der Waals surface area contributed by atoms with E-state index in [0.717, 1.165) is 11.1 Å². The fourth-order valence-corrected chi connectivity index (χ4v) is 2.12. The molecule has 0 saturated carbocycles. The molecule has 2 aromatic rings. The standard InChI is InChI=1S/C15H19NO4/c1-17-13-8-15(19-3)14(18-2)7-11(13)12(16)6-10-4-5-20-9-10/h4-5,7-9,12H,6,16H2,1-3H3. The van der Waals surface area contributed by atoms with E-state index >= 15 is 0 Å². The van der Waals surface area contributed by atoms with Crippen molar-refractivity contribution >= 4 is 0 Å². The summed E-state index contributed by atoms with van der Waals surface area (Å²) in [4.78, 5) is 0. The Morgan fingerprint density at radius 1 is 1.05 bits per heavy atom. The van der Waals surface area contributed by atoms with Crippen LogP contribution >= 0.6 is 0 Å². The zero-order valence-electron chi connectivity index (χ0n) is 11.9. The van der Waals surface area contributed by atoms with Gasteiger partial charge in [-0.25, -0.2) is 0 Å². The zero-order valence-corrected chi connectivity index (χ0v) is 11.9. The molecule has 2 N–H and O–H groups in total. The van der Waals surface area contributed by atoms with Crippen molar-refractivity contribution in [1.82, 2.24) is 0 Å². The van der Waals surface area contributed by atoms with Gasteiger partial charge in [0.1, 0.15) is 5.75 Å². The molecule has 5 heteroatoms. The van der Waals surface area contributed by atoms with Crippen molar-refractivity contribution in [3.63, 3.8) is 0 Å². The van der Waals surface area contributed by atoms with Crippen LogP contribution in [0.25, 0.3) is 0 Å². The second-order valence-corrected chi connectivity index (χ2v) is 4.39. The number of hydrogen-bond acceptors (Lipinski definition) is 5. The number of rotatable bonds is 6. The Morgan fingerprint density at radius 2 is 1.70 bits per heavy atom. The highest BCUT2D eigenvalue weighted by molar-refractivity contribution is 5.52. The molecule has 0 bridgehead atoms. The summed E-state index contributed by atoms with van der Waals surface area (Å²) >= 11 is 0. The second kappa shape index (κ2) is 6.34. The Balaban J connectivity index is 2.33. The van der Waals surface area contributed by atoms with Crippen LogP contribution in [0, 0.1) is 0 Å². The molecule has 0 amide bonds. The molecule has 1 aromatic carbocycles. The minimum atomic E-state index is -0.220. The maximum atomic E-state index is 6.26. The topological polar surface area (TPSA) is 66.9 Å². The largest absolute Gasteiger partial charge is 0.496 e. The Hall–Kier alpha value is -2.14. The number of furan rings is 1. The SMILES string of the molecule is COc1cc(OC)c(C(N)Cc2ccoc2)cc1OC. The molecule has 108 valence electrons. The highest BCUT2D eigenvalue weighted by Gasteiger charge is 2.17. The fraction of sp³-hybridized carbons (Fsp3) is 0.333. The van der Waals surface area contributed by atoms with E-state index < -0.39 is 0 Å². The summed E-state index contributed by atoms with van der Waals surface area (Å²) in [5.74, 6) is 1.92. The first-order valence-corrected chi connectivity index (χ1v) is 6.26. The van der Waals surface area contributed by atoms with Crippen molar-refractivity contribution in [1.29, 1.82) is 0 Å². The molecule has 0 aliphatic heterocycles. The third-order valence-electron chi connectivity index (χ3n) is 3.17. The van der Waals surface area contributed by atoms with E-state index in [2.05, 4.69) is 0 Å². The van der Waals surface area contributed by atoms with Crippen molar-refractivity contribution in [2.75, 3.05) is 21.3 Å². The van der Waals surface area contributed by atoms with Crippen molar-refractivity contribution in [2.45, 2.75) is 12.5 Å². The highest BCUT2D eigenvalue weighted by Crippen LogP contribution is 2.37. The Kier molecular flexibility index (Phi) is 4.53. The smallest absolute Gasteiger partial charge is 0.164 e. The first-order chi connectivity index (χ1) is 9.69. The van der Waals surface area contributed by atoms with Gasteiger partial charge in [-0.05, 0) is 24.1 Å². The minimum Gasteiger partial charge on any atom is -0.496 e. The van der Waals surface area contributed by atoms with Crippen molar-refractivity contribution in [3.8, 4) is 17.2 Å². The zero-order chi connectivity index (χ0) is 14.5. The van der Waals surface area contributed by atoms with Crippen LogP contribution in [-0.4, -0.2) is 21.3 Å². The molecule has 0 spiro atoms. The van der Waals surface area contributed by atoms with Crippen LogP contribution in [0.3, 0.4) is 0 Å². The van der Waals surface area contributed by atoms with E-state index in [0.29, 0.717) is 23.7 Å². The van der Waals surface area contributed by atoms with Gasteiger partial charge in [-0.2, -0.15) is 0 Å². The highest BCUT2D eigenvalue weighted by atomic mass is 16.5. The van der Waals surface area contributed by atoms with E-state index in [1.165, 1.54) is 0 Å². The lowest BCUT2D eigenvalue weighted by atomic mass is 10.00. The number of hydrogen-bond donors (Lipinski definition) is 1. The molecule has 0 saturated heterocycles. The molecule has 1 atom stereocenters. The van der Waals surface area contributed by atoms with Gasteiger partial charge < -0.3 is 24.4 Å². The first-order valence-electron chi connectivity index (χ1n) is 6.26. The maximum absolute atomic E-state index is 6.26. The van der Waals surface area contributed by atoms with Gasteiger partial charge in [0.2, 0.25) is 0 Å². The van der Waals surface area contributed by atoms with Crippen LogP contribution in [0.2, 0.25) is 0 Å². The lowest BCUT2D eigenvalue weighted by Crippen LogP contribution is -2.14. The summed E-state index contributed by atoms with van der Waals surface area (Å²) in [6.45, 7) is 0. The monoisotopic (exact) mass is 277 g/mol. The van der Waals surface area contributed by atoms with Crippen LogP contribution in [-0.2, 0) is 6.42 Å². The molecular formula is C15H19NO4. The van der Waals surface area contributed by atoms with Crippen LogP contribution in [0.1, 0.15) is 17.2 Å². The molecule has 1 heterocycles. The molecule has 0 fully saturated rings. The Morgan fingerprint density at radius 3 is 2.25 bits per heavy atom. The molecule has 0 radical (unpaired) electrons. The maximum Gasteiger partial charge on any atom is 0.164 e. The first kappa shape index (κ1) is 14.3. The Bertz CT molecular complexity index is 551. The lowest BCUT2D eigenvalue weighted by molar-refractivity contribution is 0.346. The quantitative estimate of drug-likeness (QED) is 0.879. The van der Waals surface area contributed by atoms with Gasteiger partial charge in [-0.3, -0.25) is 0 Å². The molecule has 1 unspecified atom stereocenters. The molecule has 0 aliphatic carbocycles. The van der Waals surface area contributed by atoms with Gasteiger partial charge in [0, 0.05) is 17.7 Å². The van der Waals surface area contributed by atoms with Crippen LogP contribution in [0.4, 0.5) is 0 Å². The lowest BCUT2D eigenvalue weighted by Gasteiger charge is -2.18. The summed E-state index contributed by atoms with van der Waals surface area (Å²) in [6.07, 6.45) is 3.98. The normalized spacial score (nSPS) is 12.0. The van der Waals surface area contributed by atoms with Crippen molar-refractivity contribution in [3.05, 3.63) is 41.9 Å². The van der Waals surface area contributed by atoms with Crippen LogP contribution in [0.5, 0.6) is 17.2 Å². The molecular weight excluding hydrogens is 258 g/mol. The Labute approximate surface area is 118 Å². The number of ether oxygens (including phenoxy) is 3. The number of benzene rings is 1. The molecule has 5 nitrogen and oxygen atoms in total. The van der Waals surface area contributed by atoms with Crippen LogP contribution < -0.4 is 19.9 Å². The number of nitrogens with two attached hydrogens (primary N) is 1. The van der Waals surface area contributed by atoms with Gasteiger partial charge >= 0.3 is 0 Å². The van der Waals surface area contributed by atoms with Gasteiger partial charge in [0.05, 0.1) is 33.9 Å². The molecule has 20 heavy (non-hydrogen) atoms. The molecule has 1 aromatic heterocycles. The fourth-order valence-electron chi connectivity index (χ4n) is 2.12. The van der Waals surface area contributed by atoms with E-state index in [-0.39, 0.29) is 6.04 Å². The van der Waals surface area contributed by atoms with E-state index in [9.17, 15) is 0 Å². The van der Waals surface area contributed by atoms with Gasteiger partial charge in [-0.1, -0.05) is 0 Å². The predicted octanol–water partition coefficient (Wildman–Crippen LogP) is 2.55. The van der Waals surface area contributed by atoms with Gasteiger partial charge in [0.15, 0.2) is 11.5 Å². The van der Waals surface area contributed by atoms with Crippen molar-refractivity contribution in [2.24, 2.45) is 5.73 Å². The van der Waals surface area contributed by atoms with E-state index in [1.54, 1.807) is 39.9 Å². The average molecular weight is 277 g/mol. The van der Waals surface area contributed by atoms with E-state index in [4.69, 9.17) is 24.4 Å². The van der Waals surface area contributed by atoms with E-state index in [1.807, 2.05) is 12.1 Å². The summed E-state index contributed by atoms with van der Waals surface area (Å²) in [5, 5.41) is 0. The summed E-state index contributed by atoms with van der Waals surface area (Å²) < 4.78 is 21.0. The summed E-state index contributed by atoms with van der Waals surface area (Å²) in [6, 6.07) is 5.31. The van der Waals surface area contributed by atoms with Gasteiger partial charge in [0.25, 0.3) is 0 Å². The van der Waals surface area contributed by atoms with Gasteiger partial charge in [-0.15, -0.1) is 0 Å². The summed E-state index contributed by atoms with van der Waals surface area (Å²) in [5.41, 5.74) is 8.16. The third-order valence-corrected chi connectivity index (χ3v) is 3.17. The molecule has 0 aliphatic rings. The predicted molar refractivity (Wildman–Crippen MR) is 75.4 cm³/mol. The van der Waals surface area contributed by atoms with Crippen molar-refractivity contribution < 1.29 is 18.6 Å². The average Bonchev–Trinajstić information content (AvgIpc) is 2.98. The third kappa shape index (κ3) is 2.88. The molecule has 2 rings (SSSR count). The van der Waals surface area contributed by atoms with Crippen LogP contribution in [0.15, 0.2) is 35.1 Å².